The van der Waals surface area contributed by atoms with E-state index in [2.05, 4.69) is 17.4 Å². The van der Waals surface area contributed by atoms with Crippen LogP contribution in [0.25, 0.3) is 0 Å². The Bertz CT molecular complexity index is 713. The average Bonchev–Trinajstić information content (AvgIpc) is 2.66. The van der Waals surface area contributed by atoms with Crippen molar-refractivity contribution in [3.05, 3.63) is 54.1 Å². The number of aryl methyl sites for hydroxylation is 1. The van der Waals surface area contributed by atoms with E-state index in [1.165, 1.54) is 5.56 Å². The molecule has 0 radical (unpaired) electrons. The van der Waals surface area contributed by atoms with E-state index in [0.29, 0.717) is 18.0 Å². The number of rotatable bonds is 10. The molecule has 5 nitrogen and oxygen atoms in total. The molecule has 0 aliphatic rings. The molecule has 0 saturated heterocycles. The molecule has 0 saturated carbocycles. The fraction of sp³-hybridized carbons (Fsp3) is 0.409. The highest BCUT2D eigenvalue weighted by Gasteiger charge is 2.14. The van der Waals surface area contributed by atoms with Crippen LogP contribution < -0.4 is 19.5 Å². The monoisotopic (exact) mass is 371 g/mol. The summed E-state index contributed by atoms with van der Waals surface area (Å²) in [7, 11) is 1.60. The van der Waals surface area contributed by atoms with Crippen molar-refractivity contribution in [1.82, 2.24) is 5.32 Å². The Kier molecular flexibility index (Phi) is 7.99. The van der Waals surface area contributed by atoms with Crippen LogP contribution in [0.3, 0.4) is 0 Å². The van der Waals surface area contributed by atoms with Gasteiger partial charge in [-0.3, -0.25) is 4.79 Å². The average molecular weight is 371 g/mol. The van der Waals surface area contributed by atoms with Crippen molar-refractivity contribution in [1.29, 1.82) is 0 Å². The molecule has 0 aliphatic heterocycles. The van der Waals surface area contributed by atoms with Crippen LogP contribution in [0.5, 0.6) is 17.2 Å². The van der Waals surface area contributed by atoms with Crippen molar-refractivity contribution < 1.29 is 19.0 Å². The first-order chi connectivity index (χ1) is 13.0. The molecule has 146 valence electrons. The number of hydrogen-bond donors (Lipinski definition) is 1. The second-order valence-corrected chi connectivity index (χ2v) is 6.64. The van der Waals surface area contributed by atoms with Gasteiger partial charge in [-0.15, -0.1) is 0 Å². The van der Waals surface area contributed by atoms with E-state index in [1.807, 2.05) is 38.1 Å². The highest BCUT2D eigenvalue weighted by Crippen LogP contribution is 2.20. The summed E-state index contributed by atoms with van der Waals surface area (Å²) in [6.07, 6.45) is 1.37. The third-order valence-corrected chi connectivity index (χ3v) is 3.96. The molecular formula is C22H29NO4. The van der Waals surface area contributed by atoms with Gasteiger partial charge < -0.3 is 19.5 Å². The zero-order valence-electron chi connectivity index (χ0n) is 16.5. The molecule has 0 spiro atoms. The summed E-state index contributed by atoms with van der Waals surface area (Å²) in [4.78, 5) is 12.2. The molecule has 2 rings (SSSR count). The molecule has 0 unspecified atom stereocenters. The van der Waals surface area contributed by atoms with Gasteiger partial charge >= 0.3 is 0 Å². The van der Waals surface area contributed by atoms with Crippen molar-refractivity contribution in [2.45, 2.75) is 45.8 Å². The molecule has 1 N–H and O–H groups in total. The highest BCUT2D eigenvalue weighted by molar-refractivity contribution is 5.80. The summed E-state index contributed by atoms with van der Waals surface area (Å²) in [5.74, 6) is 2.06. The maximum atomic E-state index is 12.2. The summed E-state index contributed by atoms with van der Waals surface area (Å²) < 4.78 is 16.5. The van der Waals surface area contributed by atoms with Crippen LogP contribution >= 0.6 is 0 Å². The van der Waals surface area contributed by atoms with E-state index >= 15 is 0 Å². The van der Waals surface area contributed by atoms with Crippen molar-refractivity contribution in [2.75, 3.05) is 13.7 Å². The first-order valence-electron chi connectivity index (χ1n) is 9.32. The molecule has 0 heterocycles. The lowest BCUT2D eigenvalue weighted by Crippen LogP contribution is -2.36. The number of hydrogen-bond acceptors (Lipinski definition) is 4. The van der Waals surface area contributed by atoms with Crippen molar-refractivity contribution in [3.63, 3.8) is 0 Å². The predicted molar refractivity (Wildman–Crippen MR) is 107 cm³/mol. The standard InChI is InChI=1S/C22H29NO4/c1-16(2)26-19-12-10-18(11-13-19)7-6-14-23-22(24)17(3)27-21-9-5-8-20(15-21)25-4/h5,8-13,15-17H,6-7,14H2,1-4H3,(H,23,24)/t17-/m0/s1. The summed E-state index contributed by atoms with van der Waals surface area (Å²) in [6.45, 7) is 6.36. The van der Waals surface area contributed by atoms with Gasteiger partial charge in [0.2, 0.25) is 0 Å². The maximum absolute atomic E-state index is 12.2. The van der Waals surface area contributed by atoms with Crippen LogP contribution in [0.15, 0.2) is 48.5 Å². The highest BCUT2D eigenvalue weighted by atomic mass is 16.5. The summed E-state index contributed by atoms with van der Waals surface area (Å²) >= 11 is 0. The Balaban J connectivity index is 1.70. The quantitative estimate of drug-likeness (QED) is 0.642. The van der Waals surface area contributed by atoms with E-state index in [4.69, 9.17) is 14.2 Å². The zero-order valence-corrected chi connectivity index (χ0v) is 16.5. The molecular weight excluding hydrogens is 342 g/mol. The predicted octanol–water partition coefficient (Wildman–Crippen LogP) is 4.00. The number of carbonyl (C=O) groups is 1. The minimum atomic E-state index is -0.565. The first kappa shape index (κ1) is 20.6. The Labute approximate surface area is 161 Å². The normalized spacial score (nSPS) is 11.7. The SMILES string of the molecule is COc1cccc(O[C@@H](C)C(=O)NCCCc2ccc(OC(C)C)cc2)c1. The third-order valence-electron chi connectivity index (χ3n) is 3.96. The second kappa shape index (κ2) is 10.5. The molecule has 0 aromatic heterocycles. The minimum Gasteiger partial charge on any atom is -0.497 e. The lowest BCUT2D eigenvalue weighted by Gasteiger charge is -2.15. The molecule has 1 amide bonds. The second-order valence-electron chi connectivity index (χ2n) is 6.64. The van der Waals surface area contributed by atoms with Gasteiger partial charge in [0.05, 0.1) is 13.2 Å². The molecule has 2 aromatic carbocycles. The van der Waals surface area contributed by atoms with Crippen LogP contribution in [0, 0.1) is 0 Å². The fourth-order valence-electron chi connectivity index (χ4n) is 2.59. The Morgan fingerprint density at radius 2 is 1.67 bits per heavy atom. The number of ether oxygens (including phenoxy) is 3. The van der Waals surface area contributed by atoms with Crippen molar-refractivity contribution in [3.8, 4) is 17.2 Å². The van der Waals surface area contributed by atoms with Gasteiger partial charge in [-0.1, -0.05) is 18.2 Å². The van der Waals surface area contributed by atoms with Crippen molar-refractivity contribution in [2.24, 2.45) is 0 Å². The number of methoxy groups -OCH3 is 1. The van der Waals surface area contributed by atoms with Crippen LogP contribution in [0.2, 0.25) is 0 Å². The van der Waals surface area contributed by atoms with Crippen LogP contribution in [0.1, 0.15) is 32.8 Å². The van der Waals surface area contributed by atoms with E-state index in [9.17, 15) is 4.79 Å². The van der Waals surface area contributed by atoms with Gasteiger partial charge in [-0.2, -0.15) is 0 Å². The number of carbonyl (C=O) groups excluding carboxylic acids is 1. The first-order valence-corrected chi connectivity index (χ1v) is 9.32. The van der Waals surface area contributed by atoms with E-state index < -0.39 is 6.10 Å². The molecule has 27 heavy (non-hydrogen) atoms. The van der Waals surface area contributed by atoms with Gasteiger partial charge in [-0.25, -0.2) is 0 Å². The van der Waals surface area contributed by atoms with Gasteiger partial charge in [0, 0.05) is 12.6 Å². The van der Waals surface area contributed by atoms with Crippen LogP contribution in [-0.2, 0) is 11.2 Å². The molecule has 5 heteroatoms. The van der Waals surface area contributed by atoms with Crippen LogP contribution in [-0.4, -0.2) is 31.8 Å². The molecule has 0 bridgehead atoms. The summed E-state index contributed by atoms with van der Waals surface area (Å²) in [5.41, 5.74) is 1.22. The smallest absolute Gasteiger partial charge is 0.260 e. The zero-order chi connectivity index (χ0) is 19.6. The Hall–Kier alpha value is -2.69. The number of benzene rings is 2. The summed E-state index contributed by atoms with van der Waals surface area (Å²) in [5, 5.41) is 2.92. The van der Waals surface area contributed by atoms with E-state index in [-0.39, 0.29) is 12.0 Å². The topological polar surface area (TPSA) is 56.8 Å². The molecule has 0 aliphatic carbocycles. The lowest BCUT2D eigenvalue weighted by atomic mass is 10.1. The largest absolute Gasteiger partial charge is 0.497 e. The Morgan fingerprint density at radius 3 is 2.33 bits per heavy atom. The summed E-state index contributed by atoms with van der Waals surface area (Å²) in [6, 6.07) is 15.3. The van der Waals surface area contributed by atoms with E-state index in [0.717, 1.165) is 18.6 Å². The van der Waals surface area contributed by atoms with Crippen molar-refractivity contribution >= 4 is 5.91 Å². The van der Waals surface area contributed by atoms with E-state index in [1.54, 1.807) is 26.2 Å². The fourth-order valence-corrected chi connectivity index (χ4v) is 2.59. The third kappa shape index (κ3) is 7.21. The minimum absolute atomic E-state index is 0.126. The Morgan fingerprint density at radius 1 is 0.963 bits per heavy atom. The maximum Gasteiger partial charge on any atom is 0.260 e. The van der Waals surface area contributed by atoms with Gasteiger partial charge in [0.1, 0.15) is 17.2 Å². The van der Waals surface area contributed by atoms with Gasteiger partial charge in [0.25, 0.3) is 5.91 Å². The molecule has 0 fully saturated rings. The number of amides is 1. The molecule has 1 atom stereocenters. The number of nitrogens with one attached hydrogen (secondary N) is 1. The van der Waals surface area contributed by atoms with Crippen LogP contribution in [0.4, 0.5) is 0 Å². The molecule has 2 aromatic rings. The van der Waals surface area contributed by atoms with Gasteiger partial charge in [-0.05, 0) is 63.4 Å². The van der Waals surface area contributed by atoms with Gasteiger partial charge in [0.15, 0.2) is 6.10 Å². The lowest BCUT2D eigenvalue weighted by molar-refractivity contribution is -0.127.